The third-order valence-electron chi connectivity index (χ3n) is 2.45. The maximum absolute atomic E-state index is 5.96. The highest BCUT2D eigenvalue weighted by molar-refractivity contribution is 9.11. The first kappa shape index (κ1) is 14.8. The molecular formula is C13H9Br2ClN2S. The third kappa shape index (κ3) is 3.69. The number of nitrogens with two attached hydrogens (primary N) is 1. The van der Waals surface area contributed by atoms with Crippen LogP contribution < -0.4 is 11.1 Å². The Labute approximate surface area is 138 Å². The molecule has 0 radical (unpaired) electrons. The molecule has 0 aromatic heterocycles. The molecule has 0 aliphatic rings. The number of hydrogen-bond acceptors (Lipinski definition) is 2. The van der Waals surface area contributed by atoms with Crippen molar-refractivity contribution < 1.29 is 0 Å². The van der Waals surface area contributed by atoms with Crippen molar-refractivity contribution in [3.63, 3.8) is 0 Å². The Balaban J connectivity index is 2.40. The average molecular weight is 421 g/mol. The molecule has 6 heteroatoms. The molecule has 0 spiro atoms. The van der Waals surface area contributed by atoms with E-state index in [2.05, 4.69) is 37.2 Å². The van der Waals surface area contributed by atoms with E-state index < -0.39 is 0 Å². The van der Waals surface area contributed by atoms with Gasteiger partial charge in [0.25, 0.3) is 0 Å². The molecular weight excluding hydrogens is 411 g/mol. The zero-order valence-electron chi connectivity index (χ0n) is 9.58. The van der Waals surface area contributed by atoms with Crippen molar-refractivity contribution in [1.29, 1.82) is 0 Å². The van der Waals surface area contributed by atoms with Crippen molar-refractivity contribution in [1.82, 2.24) is 0 Å². The Hall–Kier alpha value is -0.620. The molecule has 2 rings (SSSR count). The molecule has 98 valence electrons. The summed E-state index contributed by atoms with van der Waals surface area (Å²) < 4.78 is 1.93. The van der Waals surface area contributed by atoms with Gasteiger partial charge < -0.3 is 11.1 Å². The number of halogens is 3. The molecule has 0 heterocycles. The molecule has 19 heavy (non-hydrogen) atoms. The minimum atomic E-state index is 0.304. The summed E-state index contributed by atoms with van der Waals surface area (Å²) in [4.78, 5) is 0.304. The van der Waals surface area contributed by atoms with Gasteiger partial charge in [0.2, 0.25) is 0 Å². The maximum atomic E-state index is 5.96. The molecule has 0 aliphatic carbocycles. The van der Waals surface area contributed by atoms with Crippen molar-refractivity contribution in [3.05, 3.63) is 55.9 Å². The van der Waals surface area contributed by atoms with Crippen LogP contribution >= 0.6 is 55.7 Å². The van der Waals surface area contributed by atoms with Crippen molar-refractivity contribution in [2.45, 2.75) is 0 Å². The number of anilines is 2. The molecule has 3 N–H and O–H groups in total. The highest BCUT2D eigenvalue weighted by Gasteiger charge is 2.08. The van der Waals surface area contributed by atoms with E-state index in [0.717, 1.165) is 25.9 Å². The monoisotopic (exact) mass is 418 g/mol. The number of nitrogens with one attached hydrogen (secondary N) is 1. The van der Waals surface area contributed by atoms with Crippen LogP contribution in [0.3, 0.4) is 0 Å². The minimum Gasteiger partial charge on any atom is -0.389 e. The molecule has 0 fully saturated rings. The van der Waals surface area contributed by atoms with Crippen LogP contribution in [0, 0.1) is 0 Å². The highest BCUT2D eigenvalue weighted by atomic mass is 79.9. The second-order valence-corrected chi connectivity index (χ2v) is 6.45. The van der Waals surface area contributed by atoms with Crippen LogP contribution in [0.2, 0.25) is 5.02 Å². The van der Waals surface area contributed by atoms with E-state index in [0.29, 0.717) is 10.0 Å². The fourth-order valence-electron chi connectivity index (χ4n) is 1.57. The van der Waals surface area contributed by atoms with E-state index >= 15 is 0 Å². The fraction of sp³-hybridized carbons (Fsp3) is 0. The molecule has 2 aromatic rings. The highest BCUT2D eigenvalue weighted by Crippen LogP contribution is 2.31. The van der Waals surface area contributed by atoms with Crippen LogP contribution in [-0.2, 0) is 0 Å². The van der Waals surface area contributed by atoms with Gasteiger partial charge in [-0.15, -0.1) is 0 Å². The molecule has 2 nitrogen and oxygen atoms in total. The van der Waals surface area contributed by atoms with Gasteiger partial charge in [-0.3, -0.25) is 0 Å². The number of hydrogen-bond donors (Lipinski definition) is 2. The zero-order valence-corrected chi connectivity index (χ0v) is 14.3. The average Bonchev–Trinajstić information content (AvgIpc) is 2.34. The van der Waals surface area contributed by atoms with E-state index in [1.54, 1.807) is 12.1 Å². The number of thiocarbonyl (C=S) groups is 1. The van der Waals surface area contributed by atoms with Crippen LogP contribution in [-0.4, -0.2) is 4.99 Å². The molecule has 0 atom stereocenters. The van der Waals surface area contributed by atoms with Crippen molar-refractivity contribution in [3.8, 4) is 0 Å². The molecule has 0 unspecified atom stereocenters. The van der Waals surface area contributed by atoms with Crippen molar-refractivity contribution in [2.75, 3.05) is 5.32 Å². The summed E-state index contributed by atoms with van der Waals surface area (Å²) in [6.45, 7) is 0. The zero-order chi connectivity index (χ0) is 14.0. The Morgan fingerprint density at radius 1 is 1.11 bits per heavy atom. The van der Waals surface area contributed by atoms with Crippen LogP contribution in [0.5, 0.6) is 0 Å². The summed E-state index contributed by atoms with van der Waals surface area (Å²) in [6, 6.07) is 11.2. The Bertz CT molecular complexity index is 647. The van der Waals surface area contributed by atoms with E-state index in [4.69, 9.17) is 29.6 Å². The van der Waals surface area contributed by atoms with Crippen LogP contribution in [0.15, 0.2) is 45.3 Å². The summed E-state index contributed by atoms with van der Waals surface area (Å²) >= 11 is 17.9. The van der Waals surface area contributed by atoms with Gasteiger partial charge in [0.05, 0.1) is 5.69 Å². The lowest BCUT2D eigenvalue weighted by Crippen LogP contribution is -2.12. The van der Waals surface area contributed by atoms with E-state index in [9.17, 15) is 0 Å². The third-order valence-corrected chi connectivity index (χ3v) is 4.05. The quantitative estimate of drug-likeness (QED) is 0.667. The maximum Gasteiger partial charge on any atom is 0.106 e. The minimum absolute atomic E-state index is 0.304. The van der Waals surface area contributed by atoms with Gasteiger partial charge in [0.15, 0.2) is 0 Å². The van der Waals surface area contributed by atoms with Crippen LogP contribution in [0.25, 0.3) is 0 Å². The van der Waals surface area contributed by atoms with Gasteiger partial charge in [-0.1, -0.05) is 39.7 Å². The lowest BCUT2D eigenvalue weighted by atomic mass is 10.1. The van der Waals surface area contributed by atoms with Gasteiger partial charge in [0.1, 0.15) is 4.99 Å². The topological polar surface area (TPSA) is 38.0 Å². The predicted octanol–water partition coefficient (Wildman–Crippen LogP) is 5.24. The van der Waals surface area contributed by atoms with E-state index in [1.807, 2.05) is 24.3 Å². The molecule has 0 aliphatic heterocycles. The Kier molecular flexibility index (Phi) is 4.84. The summed E-state index contributed by atoms with van der Waals surface area (Å²) in [6.07, 6.45) is 0. The first-order chi connectivity index (χ1) is 8.97. The summed E-state index contributed by atoms with van der Waals surface area (Å²) in [5, 5.41) is 3.88. The van der Waals surface area contributed by atoms with Crippen LogP contribution in [0.4, 0.5) is 11.4 Å². The second-order valence-electron chi connectivity index (χ2n) is 3.80. The SMILES string of the molecule is NC(=S)c1cc(Cl)ccc1Nc1ccc(Br)cc1Br. The van der Waals surface area contributed by atoms with Gasteiger partial charge in [-0.25, -0.2) is 0 Å². The normalized spacial score (nSPS) is 10.3. The van der Waals surface area contributed by atoms with Crippen molar-refractivity contribution in [2.24, 2.45) is 5.73 Å². The van der Waals surface area contributed by atoms with Gasteiger partial charge >= 0.3 is 0 Å². The largest absolute Gasteiger partial charge is 0.389 e. The number of rotatable bonds is 3. The van der Waals surface area contributed by atoms with Crippen LogP contribution in [0.1, 0.15) is 5.56 Å². The van der Waals surface area contributed by atoms with E-state index in [-0.39, 0.29) is 0 Å². The molecule has 0 saturated heterocycles. The first-order valence-corrected chi connectivity index (χ1v) is 7.66. The fourth-order valence-corrected chi connectivity index (χ4v) is 3.05. The van der Waals surface area contributed by atoms with Crippen molar-refractivity contribution >= 4 is 72.0 Å². The summed E-state index contributed by atoms with van der Waals surface area (Å²) in [7, 11) is 0. The summed E-state index contributed by atoms with van der Waals surface area (Å²) in [5.74, 6) is 0. The Morgan fingerprint density at radius 3 is 2.42 bits per heavy atom. The smallest absolute Gasteiger partial charge is 0.106 e. The van der Waals surface area contributed by atoms with Gasteiger partial charge in [-0.05, 0) is 52.3 Å². The first-order valence-electron chi connectivity index (χ1n) is 5.29. The van der Waals surface area contributed by atoms with E-state index in [1.165, 1.54) is 0 Å². The standard InChI is InChI=1S/C13H9Br2ClN2S/c14-7-1-3-12(10(15)5-7)18-11-4-2-8(16)6-9(11)13(17)19/h1-6,18H,(H2,17,19). The predicted molar refractivity (Wildman–Crippen MR) is 92.5 cm³/mol. The van der Waals surface area contributed by atoms with Gasteiger partial charge in [0, 0.05) is 25.2 Å². The summed E-state index contributed by atoms with van der Waals surface area (Å²) in [5.41, 5.74) is 8.17. The molecule has 0 saturated carbocycles. The lowest BCUT2D eigenvalue weighted by molar-refractivity contribution is 1.49. The Morgan fingerprint density at radius 2 is 1.79 bits per heavy atom. The van der Waals surface area contributed by atoms with Gasteiger partial charge in [-0.2, -0.15) is 0 Å². The molecule has 0 bridgehead atoms. The number of benzene rings is 2. The second kappa shape index (κ2) is 6.22. The molecule has 0 amide bonds. The molecule has 2 aromatic carbocycles. The lowest BCUT2D eigenvalue weighted by Gasteiger charge is -2.13.